The van der Waals surface area contributed by atoms with Crippen molar-refractivity contribution in [3.8, 4) is 17.1 Å². The molecule has 2 aliphatic carbocycles. The van der Waals surface area contributed by atoms with Gasteiger partial charge >= 0.3 is 0 Å². The average Bonchev–Trinajstić information content (AvgIpc) is 3.60. The molecule has 2 aliphatic rings. The molecule has 35 heavy (non-hydrogen) atoms. The van der Waals surface area contributed by atoms with Gasteiger partial charge in [-0.1, -0.05) is 0 Å². The Balaban J connectivity index is 1.27. The summed E-state index contributed by atoms with van der Waals surface area (Å²) in [6, 6.07) is 9.88. The smallest absolute Gasteiger partial charge is 0.265 e. The molecule has 3 heterocycles. The van der Waals surface area contributed by atoms with Crippen molar-refractivity contribution < 1.29 is 13.9 Å². The van der Waals surface area contributed by atoms with Gasteiger partial charge in [0.1, 0.15) is 23.6 Å². The van der Waals surface area contributed by atoms with E-state index in [0.717, 1.165) is 0 Å². The second-order valence-corrected chi connectivity index (χ2v) is 9.74. The molecule has 6 rings (SSSR count). The van der Waals surface area contributed by atoms with Crippen LogP contribution in [0.1, 0.15) is 51.2 Å². The quantitative estimate of drug-likeness (QED) is 0.369. The Hall–Kier alpha value is -3.92. The van der Waals surface area contributed by atoms with Gasteiger partial charge in [-0.15, -0.1) is 21.5 Å². The van der Waals surface area contributed by atoms with Crippen LogP contribution in [0.25, 0.3) is 11.3 Å². The average molecular weight is 489 g/mol. The lowest BCUT2D eigenvalue weighted by atomic mass is 9.99. The minimum atomic E-state index is -0.521. The van der Waals surface area contributed by atoms with E-state index in [1.165, 1.54) is 60.5 Å². The topological polar surface area (TPSA) is 102 Å². The second-order valence-electron chi connectivity index (χ2n) is 8.66. The summed E-state index contributed by atoms with van der Waals surface area (Å²) >= 11 is 1.54. The van der Waals surface area contributed by atoms with Crippen molar-refractivity contribution in [1.82, 2.24) is 20.2 Å². The number of anilines is 3. The fourth-order valence-corrected chi connectivity index (χ4v) is 6.19. The molecule has 10 heteroatoms. The highest BCUT2D eigenvalue weighted by atomic mass is 32.1. The van der Waals surface area contributed by atoms with Crippen LogP contribution in [0, 0.1) is 5.82 Å². The highest BCUT2D eigenvalue weighted by Gasteiger charge is 2.39. The third-order valence-electron chi connectivity index (χ3n) is 6.57. The van der Waals surface area contributed by atoms with E-state index in [4.69, 9.17) is 4.74 Å². The zero-order chi connectivity index (χ0) is 23.9. The molecule has 0 aliphatic heterocycles. The zero-order valence-electron chi connectivity index (χ0n) is 18.8. The Labute approximate surface area is 204 Å². The number of benzene rings is 1. The van der Waals surface area contributed by atoms with Crippen LogP contribution >= 0.6 is 11.3 Å². The number of methoxy groups -OCH3 is 1. The lowest BCUT2D eigenvalue weighted by Gasteiger charge is -2.12. The summed E-state index contributed by atoms with van der Waals surface area (Å²) in [5, 5.41) is 14.2. The van der Waals surface area contributed by atoms with Gasteiger partial charge < -0.3 is 15.4 Å². The maximum Gasteiger partial charge on any atom is 0.265 e. The van der Waals surface area contributed by atoms with Gasteiger partial charge in [0.2, 0.25) is 0 Å². The van der Waals surface area contributed by atoms with Crippen LogP contribution < -0.4 is 15.4 Å². The number of thiophene rings is 1. The number of fused-ring (bicyclic) bond motifs is 5. The van der Waals surface area contributed by atoms with Gasteiger partial charge in [0.25, 0.3) is 11.8 Å². The van der Waals surface area contributed by atoms with E-state index in [1.54, 1.807) is 30.5 Å². The lowest BCUT2D eigenvalue weighted by Crippen LogP contribution is -2.11. The number of amides is 1. The first-order valence-electron chi connectivity index (χ1n) is 11.3. The summed E-state index contributed by atoms with van der Waals surface area (Å²) in [6.07, 6.45) is 6.64. The molecule has 0 radical (unpaired) electrons. The third-order valence-corrected chi connectivity index (χ3v) is 7.88. The van der Waals surface area contributed by atoms with Crippen LogP contribution in [0.15, 0.2) is 48.9 Å². The van der Waals surface area contributed by atoms with Crippen LogP contribution in [-0.4, -0.2) is 33.2 Å². The number of carbonyl (C=O) groups is 1. The number of nitrogens with zero attached hydrogens (tertiary/aromatic N) is 4. The molecular formula is C25H21FN6O2S. The summed E-state index contributed by atoms with van der Waals surface area (Å²) in [6.45, 7) is 0. The molecule has 3 aromatic heterocycles. The first-order valence-corrected chi connectivity index (χ1v) is 12.1. The van der Waals surface area contributed by atoms with Gasteiger partial charge in [-0.25, -0.2) is 14.4 Å². The molecule has 176 valence electrons. The van der Waals surface area contributed by atoms with Crippen molar-refractivity contribution in [2.45, 2.75) is 31.1 Å². The molecule has 1 aromatic carbocycles. The van der Waals surface area contributed by atoms with E-state index in [0.29, 0.717) is 39.5 Å². The van der Waals surface area contributed by atoms with Crippen molar-refractivity contribution in [2.24, 2.45) is 0 Å². The first kappa shape index (κ1) is 21.6. The van der Waals surface area contributed by atoms with Crippen LogP contribution in [0.5, 0.6) is 5.88 Å². The van der Waals surface area contributed by atoms with Crippen molar-refractivity contribution in [2.75, 3.05) is 17.7 Å². The molecule has 0 spiro atoms. The zero-order valence-corrected chi connectivity index (χ0v) is 19.6. The number of carbonyl (C=O) groups excluding carboxylic acids is 1. The Morgan fingerprint density at radius 3 is 2.80 bits per heavy atom. The summed E-state index contributed by atoms with van der Waals surface area (Å²) in [7, 11) is 1.49. The van der Waals surface area contributed by atoms with Crippen molar-refractivity contribution >= 4 is 34.4 Å². The SMILES string of the molecule is COc1nnc(-c2ccc(F)c(NC(=O)c3cc4c(s3)C3CC[C@H]4C3)c2)cc1Nc1ccncn1. The molecule has 0 saturated heterocycles. The fraction of sp³-hybridized carbons (Fsp3) is 0.240. The van der Waals surface area contributed by atoms with Gasteiger partial charge in [0.05, 0.1) is 23.4 Å². The van der Waals surface area contributed by atoms with E-state index in [2.05, 4.69) is 30.8 Å². The molecular weight excluding hydrogens is 467 g/mol. The van der Waals surface area contributed by atoms with Gasteiger partial charge in [0, 0.05) is 16.6 Å². The number of halogens is 1. The van der Waals surface area contributed by atoms with Crippen LogP contribution in [0.3, 0.4) is 0 Å². The fourth-order valence-electron chi connectivity index (χ4n) is 4.90. The maximum atomic E-state index is 14.6. The highest BCUT2D eigenvalue weighted by Crippen LogP contribution is 2.55. The normalized spacial score (nSPS) is 17.8. The predicted octanol–water partition coefficient (Wildman–Crippen LogP) is 5.50. The molecule has 4 aromatic rings. The van der Waals surface area contributed by atoms with Crippen molar-refractivity contribution in [3.63, 3.8) is 0 Å². The van der Waals surface area contributed by atoms with Gasteiger partial charge in [-0.2, -0.15) is 0 Å². The summed E-state index contributed by atoms with van der Waals surface area (Å²) in [5.74, 6) is 1.18. The van der Waals surface area contributed by atoms with Crippen molar-refractivity contribution in [3.05, 3.63) is 70.1 Å². The standard InChI is InChI=1S/C25H21FN6O2S/c1-34-25-20(29-22-6-7-27-12-28-22)11-18(31-32-25)14-4-5-17(26)19(9-14)30-24(33)21-10-16-13-2-3-15(8-13)23(16)35-21/h4-7,9-13,15H,2-3,8H2,1H3,(H,30,33)(H,27,28,29,31)/t13-,15?/m0/s1. The number of rotatable bonds is 6. The lowest BCUT2D eigenvalue weighted by molar-refractivity contribution is 0.103. The van der Waals surface area contributed by atoms with E-state index in [1.807, 2.05) is 6.07 Å². The van der Waals surface area contributed by atoms with E-state index < -0.39 is 5.82 Å². The Morgan fingerprint density at radius 1 is 1.11 bits per heavy atom. The monoisotopic (exact) mass is 488 g/mol. The Morgan fingerprint density at radius 2 is 2.00 bits per heavy atom. The largest absolute Gasteiger partial charge is 0.478 e. The number of hydrogen-bond acceptors (Lipinski definition) is 8. The number of hydrogen-bond donors (Lipinski definition) is 2. The molecule has 2 N–H and O–H groups in total. The summed E-state index contributed by atoms with van der Waals surface area (Å²) in [5.41, 5.74) is 3.00. The molecule has 2 atom stereocenters. The highest BCUT2D eigenvalue weighted by molar-refractivity contribution is 7.14. The Kier molecular flexibility index (Phi) is 5.37. The molecule has 1 amide bonds. The number of nitrogens with one attached hydrogen (secondary N) is 2. The number of ether oxygens (including phenoxy) is 1. The van der Waals surface area contributed by atoms with E-state index in [9.17, 15) is 9.18 Å². The Bertz CT molecular complexity index is 1400. The molecule has 8 nitrogen and oxygen atoms in total. The molecule has 1 saturated carbocycles. The third kappa shape index (κ3) is 3.99. The predicted molar refractivity (Wildman–Crippen MR) is 131 cm³/mol. The van der Waals surface area contributed by atoms with Gasteiger partial charge in [-0.3, -0.25) is 4.79 Å². The van der Waals surface area contributed by atoms with Crippen molar-refractivity contribution in [1.29, 1.82) is 0 Å². The second kappa shape index (κ2) is 8.70. The van der Waals surface area contributed by atoms with E-state index >= 15 is 0 Å². The molecule has 1 unspecified atom stereocenters. The molecule has 1 fully saturated rings. The minimum absolute atomic E-state index is 0.0898. The minimum Gasteiger partial charge on any atom is -0.478 e. The number of aromatic nitrogens is 4. The van der Waals surface area contributed by atoms with Gasteiger partial charge in [-0.05, 0) is 73.1 Å². The first-order chi connectivity index (χ1) is 17.1. The molecule has 2 bridgehead atoms. The van der Waals surface area contributed by atoms with Crippen LogP contribution in [0.2, 0.25) is 0 Å². The van der Waals surface area contributed by atoms with Crippen LogP contribution in [-0.2, 0) is 0 Å². The summed E-state index contributed by atoms with van der Waals surface area (Å²) < 4.78 is 20.0. The van der Waals surface area contributed by atoms with E-state index in [-0.39, 0.29) is 17.5 Å². The summed E-state index contributed by atoms with van der Waals surface area (Å²) in [4.78, 5) is 23.0. The van der Waals surface area contributed by atoms with Crippen LogP contribution in [0.4, 0.5) is 21.6 Å². The van der Waals surface area contributed by atoms with Gasteiger partial charge in [0.15, 0.2) is 0 Å². The maximum absolute atomic E-state index is 14.6.